The minimum Gasteiger partial charge on any atom is -0.493 e. The lowest BCUT2D eigenvalue weighted by molar-refractivity contribution is 0.247. The zero-order chi connectivity index (χ0) is 14.2. The maximum atomic E-state index is 8.69. The zero-order valence-corrected chi connectivity index (χ0v) is 11.5. The van der Waals surface area contributed by atoms with Gasteiger partial charge in [-0.1, -0.05) is 12.1 Å². The number of hydrogen-bond acceptors (Lipinski definition) is 3. The van der Waals surface area contributed by atoms with Crippen LogP contribution in [-0.2, 0) is 0 Å². The summed E-state index contributed by atoms with van der Waals surface area (Å²) in [4.78, 5) is 0. The van der Waals surface area contributed by atoms with E-state index in [0.717, 1.165) is 17.9 Å². The van der Waals surface area contributed by atoms with Crippen molar-refractivity contribution >= 4 is 0 Å². The highest BCUT2D eigenvalue weighted by Crippen LogP contribution is 2.13. The van der Waals surface area contributed by atoms with Crippen molar-refractivity contribution in [1.82, 2.24) is 0 Å². The van der Waals surface area contributed by atoms with Gasteiger partial charge in [-0.05, 0) is 48.9 Å². The van der Waals surface area contributed by atoms with Crippen LogP contribution in [0.5, 0.6) is 11.5 Å². The predicted octanol–water partition coefficient (Wildman–Crippen LogP) is 3.71. The van der Waals surface area contributed by atoms with Gasteiger partial charge in [-0.2, -0.15) is 5.26 Å². The third-order valence-corrected chi connectivity index (χ3v) is 2.80. The second-order valence-electron chi connectivity index (χ2n) is 4.50. The fourth-order valence-corrected chi connectivity index (χ4v) is 1.77. The number of rotatable bonds is 6. The highest BCUT2D eigenvalue weighted by atomic mass is 16.5. The van der Waals surface area contributed by atoms with Crippen molar-refractivity contribution in [2.75, 3.05) is 13.2 Å². The second kappa shape index (κ2) is 7.20. The van der Waals surface area contributed by atoms with E-state index in [2.05, 4.69) is 6.07 Å². The van der Waals surface area contributed by atoms with Crippen molar-refractivity contribution < 1.29 is 9.47 Å². The monoisotopic (exact) mass is 267 g/mol. The van der Waals surface area contributed by atoms with E-state index in [4.69, 9.17) is 14.7 Å². The molecule has 0 saturated heterocycles. The molecule has 3 heteroatoms. The van der Waals surface area contributed by atoms with Gasteiger partial charge >= 0.3 is 0 Å². The Balaban J connectivity index is 1.67. The fourth-order valence-electron chi connectivity index (χ4n) is 1.77. The summed E-state index contributed by atoms with van der Waals surface area (Å²) in [6, 6.07) is 17.2. The van der Waals surface area contributed by atoms with E-state index in [-0.39, 0.29) is 0 Å². The molecule has 0 aromatic heterocycles. The third kappa shape index (κ3) is 4.33. The van der Waals surface area contributed by atoms with Gasteiger partial charge < -0.3 is 9.47 Å². The van der Waals surface area contributed by atoms with E-state index >= 15 is 0 Å². The molecule has 0 saturated carbocycles. The first-order valence-electron chi connectivity index (χ1n) is 6.60. The molecule has 102 valence electrons. The Morgan fingerprint density at radius 2 is 1.65 bits per heavy atom. The molecule has 3 nitrogen and oxygen atoms in total. The van der Waals surface area contributed by atoms with Crippen LogP contribution < -0.4 is 9.47 Å². The highest BCUT2D eigenvalue weighted by molar-refractivity contribution is 5.34. The summed E-state index contributed by atoms with van der Waals surface area (Å²) >= 11 is 0. The summed E-state index contributed by atoms with van der Waals surface area (Å²) < 4.78 is 11.2. The van der Waals surface area contributed by atoms with Crippen molar-refractivity contribution in [3.63, 3.8) is 0 Å². The van der Waals surface area contributed by atoms with Crippen LogP contribution in [0.25, 0.3) is 0 Å². The lowest BCUT2D eigenvalue weighted by Gasteiger charge is -2.08. The molecular weight excluding hydrogens is 250 g/mol. The molecule has 0 bridgehead atoms. The van der Waals surface area contributed by atoms with Crippen LogP contribution in [0.3, 0.4) is 0 Å². The van der Waals surface area contributed by atoms with Crippen LogP contribution >= 0.6 is 0 Å². The summed E-state index contributed by atoms with van der Waals surface area (Å²) in [5, 5.41) is 8.69. The van der Waals surface area contributed by atoms with Crippen LogP contribution in [-0.4, -0.2) is 13.2 Å². The van der Waals surface area contributed by atoms with Crippen LogP contribution in [0, 0.1) is 18.3 Å². The van der Waals surface area contributed by atoms with Gasteiger partial charge in [0, 0.05) is 6.42 Å². The summed E-state index contributed by atoms with van der Waals surface area (Å²) in [6.45, 7) is 3.26. The molecular formula is C17H17NO2. The Labute approximate surface area is 119 Å². The molecule has 0 fully saturated rings. The van der Waals surface area contributed by atoms with E-state index in [9.17, 15) is 0 Å². The Bertz CT molecular complexity index is 585. The summed E-state index contributed by atoms with van der Waals surface area (Å²) in [6.07, 6.45) is 0.813. The molecule has 0 radical (unpaired) electrons. The van der Waals surface area contributed by atoms with Crippen molar-refractivity contribution in [3.05, 3.63) is 59.7 Å². The van der Waals surface area contributed by atoms with Gasteiger partial charge in [0.2, 0.25) is 0 Å². The van der Waals surface area contributed by atoms with E-state index in [1.807, 2.05) is 31.2 Å². The van der Waals surface area contributed by atoms with Gasteiger partial charge in [-0.25, -0.2) is 0 Å². The predicted molar refractivity (Wildman–Crippen MR) is 77.9 cm³/mol. The second-order valence-corrected chi connectivity index (χ2v) is 4.50. The minimum absolute atomic E-state index is 0.595. The molecule has 0 heterocycles. The molecule has 0 N–H and O–H groups in total. The number of nitriles is 1. The van der Waals surface area contributed by atoms with Gasteiger partial charge in [0.15, 0.2) is 0 Å². The van der Waals surface area contributed by atoms with E-state index < -0.39 is 0 Å². The van der Waals surface area contributed by atoms with E-state index in [1.165, 1.54) is 5.56 Å². The van der Waals surface area contributed by atoms with Gasteiger partial charge in [-0.15, -0.1) is 0 Å². The van der Waals surface area contributed by atoms with Crippen LogP contribution in [0.1, 0.15) is 17.5 Å². The Morgan fingerprint density at radius 3 is 2.30 bits per heavy atom. The normalized spacial score (nSPS) is 9.80. The lowest BCUT2D eigenvalue weighted by atomic mass is 10.2. The minimum atomic E-state index is 0.595. The molecule has 0 aliphatic heterocycles. The van der Waals surface area contributed by atoms with Crippen molar-refractivity contribution in [3.8, 4) is 17.6 Å². The zero-order valence-electron chi connectivity index (χ0n) is 11.5. The Hall–Kier alpha value is -2.47. The van der Waals surface area contributed by atoms with Crippen molar-refractivity contribution in [1.29, 1.82) is 5.26 Å². The first-order chi connectivity index (χ1) is 9.78. The number of hydrogen-bond donors (Lipinski definition) is 0. The first-order valence-corrected chi connectivity index (χ1v) is 6.60. The van der Waals surface area contributed by atoms with Crippen LogP contribution in [0.2, 0.25) is 0 Å². The molecule has 20 heavy (non-hydrogen) atoms. The molecule has 0 atom stereocenters. The van der Waals surface area contributed by atoms with E-state index in [0.29, 0.717) is 18.8 Å². The molecule has 0 unspecified atom stereocenters. The van der Waals surface area contributed by atoms with Gasteiger partial charge in [0.05, 0.1) is 24.8 Å². The summed E-state index contributed by atoms with van der Waals surface area (Å²) in [7, 11) is 0. The topological polar surface area (TPSA) is 42.2 Å². The van der Waals surface area contributed by atoms with Crippen molar-refractivity contribution in [2.24, 2.45) is 0 Å². The molecule has 2 aromatic carbocycles. The molecule has 0 aliphatic carbocycles. The van der Waals surface area contributed by atoms with Gasteiger partial charge in [0.1, 0.15) is 11.5 Å². The number of aryl methyl sites for hydroxylation is 1. The first kappa shape index (κ1) is 14.0. The van der Waals surface area contributed by atoms with Gasteiger partial charge in [0.25, 0.3) is 0 Å². The molecule has 0 amide bonds. The molecule has 0 aliphatic rings. The highest BCUT2D eigenvalue weighted by Gasteiger charge is 1.97. The summed E-state index contributed by atoms with van der Waals surface area (Å²) in [5.41, 5.74) is 1.83. The smallest absolute Gasteiger partial charge is 0.119 e. The maximum absolute atomic E-state index is 8.69. The quantitative estimate of drug-likeness (QED) is 0.749. The molecule has 2 aromatic rings. The van der Waals surface area contributed by atoms with Crippen LogP contribution in [0.15, 0.2) is 48.5 Å². The maximum Gasteiger partial charge on any atom is 0.119 e. The third-order valence-electron chi connectivity index (χ3n) is 2.80. The van der Waals surface area contributed by atoms with Crippen molar-refractivity contribution in [2.45, 2.75) is 13.3 Å². The van der Waals surface area contributed by atoms with Gasteiger partial charge in [-0.3, -0.25) is 0 Å². The largest absolute Gasteiger partial charge is 0.493 e. The molecule has 0 spiro atoms. The lowest BCUT2D eigenvalue weighted by Crippen LogP contribution is -2.05. The number of benzene rings is 2. The SMILES string of the molecule is Cc1cccc(OCCCOc2ccc(C#N)cc2)c1. The Kier molecular flexibility index (Phi) is 5.02. The average Bonchev–Trinajstić information content (AvgIpc) is 2.48. The average molecular weight is 267 g/mol. The number of nitrogens with zero attached hydrogens (tertiary/aromatic N) is 1. The molecule has 2 rings (SSSR count). The van der Waals surface area contributed by atoms with Crippen LogP contribution in [0.4, 0.5) is 0 Å². The summed E-state index contributed by atoms with van der Waals surface area (Å²) in [5.74, 6) is 1.67. The fraction of sp³-hybridized carbons (Fsp3) is 0.235. The number of ether oxygens (including phenoxy) is 2. The van der Waals surface area contributed by atoms with E-state index in [1.54, 1.807) is 24.3 Å². The Morgan fingerprint density at radius 1 is 0.950 bits per heavy atom. The standard InChI is InChI=1S/C17H17NO2/c1-14-4-2-5-17(12-14)20-11-3-10-19-16-8-6-15(13-18)7-9-16/h2,4-9,12H,3,10-11H2,1H3.